The standard InChI is InChI=1S/C6H8NO.ClH/c1-8-7-5-3-2-4-6-7;/h2-6H,1H3;1H/q+1;. The highest BCUT2D eigenvalue weighted by Gasteiger charge is 1.88. The van der Waals surface area contributed by atoms with Crippen LogP contribution in [0.4, 0.5) is 0 Å². The van der Waals surface area contributed by atoms with Crippen molar-refractivity contribution in [1.29, 1.82) is 0 Å². The first-order valence-corrected chi connectivity index (χ1v) is 2.44. The summed E-state index contributed by atoms with van der Waals surface area (Å²) in [4.78, 5) is 4.83. The predicted molar refractivity (Wildman–Crippen MR) is 36.4 cm³/mol. The fraction of sp³-hybridized carbons (Fsp3) is 0.167. The first-order chi connectivity index (χ1) is 3.93. The van der Waals surface area contributed by atoms with Gasteiger partial charge in [0.15, 0.2) is 0 Å². The van der Waals surface area contributed by atoms with Crippen LogP contribution in [0.25, 0.3) is 0 Å². The molecule has 0 saturated heterocycles. The first kappa shape index (κ1) is 8.24. The molecule has 9 heavy (non-hydrogen) atoms. The Kier molecular flexibility index (Phi) is 3.80. The molecule has 0 amide bonds. The molecule has 1 aromatic rings. The zero-order valence-electron chi connectivity index (χ0n) is 5.15. The number of rotatable bonds is 1. The monoisotopic (exact) mass is 146 g/mol. The number of hydrogen-bond donors (Lipinski definition) is 0. The Labute approximate surface area is 60.4 Å². The maximum atomic E-state index is 4.83. The number of aromatic nitrogens is 1. The van der Waals surface area contributed by atoms with E-state index in [1.54, 1.807) is 11.8 Å². The van der Waals surface area contributed by atoms with E-state index in [2.05, 4.69) is 0 Å². The van der Waals surface area contributed by atoms with E-state index in [9.17, 15) is 0 Å². The van der Waals surface area contributed by atoms with E-state index in [1.807, 2.05) is 30.6 Å². The third kappa shape index (κ3) is 2.33. The van der Waals surface area contributed by atoms with Gasteiger partial charge < -0.3 is 0 Å². The number of halogens is 1. The van der Waals surface area contributed by atoms with Crippen molar-refractivity contribution >= 4 is 12.4 Å². The molecule has 0 radical (unpaired) electrons. The topological polar surface area (TPSA) is 13.1 Å². The highest BCUT2D eigenvalue weighted by molar-refractivity contribution is 5.85. The van der Waals surface area contributed by atoms with Gasteiger partial charge >= 0.3 is 0 Å². The van der Waals surface area contributed by atoms with Gasteiger partial charge in [0.05, 0.1) is 0 Å². The second-order valence-electron chi connectivity index (χ2n) is 1.42. The van der Waals surface area contributed by atoms with Gasteiger partial charge in [0.25, 0.3) is 0 Å². The van der Waals surface area contributed by atoms with Crippen LogP contribution in [0.1, 0.15) is 0 Å². The highest BCUT2D eigenvalue weighted by atomic mass is 35.5. The Hall–Kier alpha value is -0.760. The maximum Gasteiger partial charge on any atom is 0.222 e. The van der Waals surface area contributed by atoms with Gasteiger partial charge in [0, 0.05) is 16.9 Å². The number of hydrogen-bond acceptors (Lipinski definition) is 1. The van der Waals surface area contributed by atoms with Gasteiger partial charge in [-0.1, -0.05) is 6.07 Å². The summed E-state index contributed by atoms with van der Waals surface area (Å²) in [5.74, 6) is 0. The van der Waals surface area contributed by atoms with Crippen LogP contribution >= 0.6 is 12.4 Å². The average Bonchev–Trinajstić information content (AvgIpc) is 1.90. The molecule has 0 aliphatic heterocycles. The van der Waals surface area contributed by atoms with Gasteiger partial charge in [0.1, 0.15) is 7.11 Å². The maximum absolute atomic E-state index is 4.83. The van der Waals surface area contributed by atoms with Crippen molar-refractivity contribution in [2.45, 2.75) is 0 Å². The molecular formula is C6H9ClNO+. The molecule has 50 valence electrons. The molecule has 1 heterocycles. The smallest absolute Gasteiger partial charge is 0.222 e. The van der Waals surface area contributed by atoms with Crippen LogP contribution < -0.4 is 9.57 Å². The van der Waals surface area contributed by atoms with Crippen LogP contribution in [0.5, 0.6) is 0 Å². The zero-order chi connectivity index (χ0) is 5.82. The quantitative estimate of drug-likeness (QED) is 0.525. The molecule has 0 saturated carbocycles. The lowest BCUT2D eigenvalue weighted by Crippen LogP contribution is -2.38. The SMILES string of the molecule is CO[n+]1ccccc1.Cl. The van der Waals surface area contributed by atoms with Gasteiger partial charge in [-0.2, -0.15) is 0 Å². The third-order valence-corrected chi connectivity index (χ3v) is 0.899. The van der Waals surface area contributed by atoms with Crippen LogP contribution in [0.3, 0.4) is 0 Å². The minimum Gasteiger partial charge on any atom is -0.275 e. The molecule has 0 aliphatic carbocycles. The van der Waals surface area contributed by atoms with Crippen molar-refractivity contribution in [2.75, 3.05) is 7.11 Å². The summed E-state index contributed by atoms with van der Waals surface area (Å²) in [6, 6.07) is 5.75. The molecule has 0 atom stereocenters. The summed E-state index contributed by atoms with van der Waals surface area (Å²) in [7, 11) is 1.62. The second-order valence-corrected chi connectivity index (χ2v) is 1.42. The predicted octanol–water partition coefficient (Wildman–Crippen LogP) is 0.454. The summed E-state index contributed by atoms with van der Waals surface area (Å²) in [6.45, 7) is 0. The van der Waals surface area contributed by atoms with Crippen LogP contribution in [0, 0.1) is 0 Å². The molecule has 0 bridgehead atoms. The van der Waals surface area contributed by atoms with Crippen LogP contribution in [-0.2, 0) is 0 Å². The van der Waals surface area contributed by atoms with Crippen molar-refractivity contribution in [2.24, 2.45) is 0 Å². The zero-order valence-corrected chi connectivity index (χ0v) is 5.97. The van der Waals surface area contributed by atoms with E-state index in [-0.39, 0.29) is 12.4 Å². The third-order valence-electron chi connectivity index (χ3n) is 0.899. The van der Waals surface area contributed by atoms with E-state index in [4.69, 9.17) is 4.84 Å². The summed E-state index contributed by atoms with van der Waals surface area (Å²) in [5, 5.41) is 0. The fourth-order valence-electron chi connectivity index (χ4n) is 0.505. The molecule has 0 unspecified atom stereocenters. The Morgan fingerprint density at radius 2 is 1.67 bits per heavy atom. The molecule has 0 aromatic carbocycles. The highest BCUT2D eigenvalue weighted by Crippen LogP contribution is 1.72. The lowest BCUT2D eigenvalue weighted by molar-refractivity contribution is -0.885. The lowest BCUT2D eigenvalue weighted by atomic mass is 10.5. The van der Waals surface area contributed by atoms with Crippen LogP contribution in [0.2, 0.25) is 0 Å². The Balaban J connectivity index is 0.000000640. The van der Waals surface area contributed by atoms with Crippen molar-refractivity contribution in [3.8, 4) is 0 Å². The first-order valence-electron chi connectivity index (χ1n) is 2.44. The molecule has 0 N–H and O–H groups in total. The van der Waals surface area contributed by atoms with Crippen molar-refractivity contribution in [3.05, 3.63) is 30.6 Å². The summed E-state index contributed by atoms with van der Waals surface area (Å²) >= 11 is 0. The van der Waals surface area contributed by atoms with Crippen molar-refractivity contribution in [1.82, 2.24) is 0 Å². The fourth-order valence-corrected chi connectivity index (χ4v) is 0.505. The number of pyridine rings is 1. The number of nitrogens with zero attached hydrogens (tertiary/aromatic N) is 1. The molecular weight excluding hydrogens is 138 g/mol. The minimum atomic E-state index is 0. The van der Waals surface area contributed by atoms with Crippen LogP contribution in [-0.4, -0.2) is 7.11 Å². The summed E-state index contributed by atoms with van der Waals surface area (Å²) < 4.78 is 1.62. The van der Waals surface area contributed by atoms with E-state index in [0.29, 0.717) is 0 Å². The van der Waals surface area contributed by atoms with Gasteiger partial charge in [-0.25, -0.2) is 0 Å². The average molecular weight is 147 g/mol. The minimum absolute atomic E-state index is 0. The Bertz CT molecular complexity index is 154. The lowest BCUT2D eigenvalue weighted by Gasteiger charge is -1.84. The largest absolute Gasteiger partial charge is 0.275 e. The van der Waals surface area contributed by atoms with Crippen LogP contribution in [0.15, 0.2) is 30.6 Å². The molecule has 0 spiro atoms. The molecule has 2 nitrogen and oxygen atoms in total. The molecule has 1 rings (SSSR count). The summed E-state index contributed by atoms with van der Waals surface area (Å²) in [5.41, 5.74) is 0. The molecule has 1 aromatic heterocycles. The van der Waals surface area contributed by atoms with E-state index >= 15 is 0 Å². The van der Waals surface area contributed by atoms with E-state index in [0.717, 1.165) is 0 Å². The van der Waals surface area contributed by atoms with Gasteiger partial charge in [-0.15, -0.1) is 12.4 Å². The van der Waals surface area contributed by atoms with E-state index in [1.165, 1.54) is 0 Å². The van der Waals surface area contributed by atoms with Gasteiger partial charge in [0.2, 0.25) is 12.4 Å². The molecule has 0 aliphatic rings. The van der Waals surface area contributed by atoms with Crippen molar-refractivity contribution < 1.29 is 9.57 Å². The Morgan fingerprint density at radius 1 is 1.11 bits per heavy atom. The second kappa shape index (κ2) is 4.15. The molecule has 0 fully saturated rings. The summed E-state index contributed by atoms with van der Waals surface area (Å²) in [6.07, 6.45) is 3.67. The van der Waals surface area contributed by atoms with Gasteiger partial charge in [-0.3, -0.25) is 4.84 Å². The van der Waals surface area contributed by atoms with E-state index < -0.39 is 0 Å². The molecule has 3 heteroatoms. The van der Waals surface area contributed by atoms with Crippen molar-refractivity contribution in [3.63, 3.8) is 0 Å². The normalized spacial score (nSPS) is 7.67. The van der Waals surface area contributed by atoms with Gasteiger partial charge in [-0.05, 0) is 0 Å². The Morgan fingerprint density at radius 3 is 2.00 bits per heavy atom.